The van der Waals surface area contributed by atoms with Gasteiger partial charge in [0, 0.05) is 28.7 Å². The quantitative estimate of drug-likeness (QED) is 0.696. The minimum absolute atomic E-state index is 0.00928. The lowest BCUT2D eigenvalue weighted by Gasteiger charge is -2.12. The van der Waals surface area contributed by atoms with Crippen LogP contribution in [0, 0.1) is 5.82 Å². The summed E-state index contributed by atoms with van der Waals surface area (Å²) in [6.07, 6.45) is 1.76. The van der Waals surface area contributed by atoms with Crippen molar-refractivity contribution >= 4 is 26.8 Å². The molecule has 0 aliphatic heterocycles. The highest BCUT2D eigenvalue weighted by Crippen LogP contribution is 2.20. The van der Waals surface area contributed by atoms with Gasteiger partial charge in [-0.15, -0.1) is 0 Å². The Morgan fingerprint density at radius 1 is 1.10 bits per heavy atom. The maximum absolute atomic E-state index is 13.1. The van der Waals surface area contributed by atoms with Crippen LogP contribution in [-0.2, 0) is 6.54 Å². The third-order valence-corrected chi connectivity index (χ3v) is 3.98. The van der Waals surface area contributed by atoms with Gasteiger partial charge >= 0.3 is 0 Å². The fourth-order valence-electron chi connectivity index (χ4n) is 2.23. The minimum atomic E-state index is -0.273. The summed E-state index contributed by atoms with van der Waals surface area (Å²) in [4.78, 5) is 11.8. The van der Waals surface area contributed by atoms with Gasteiger partial charge in [-0.25, -0.2) is 4.39 Å². The van der Waals surface area contributed by atoms with Crippen LogP contribution in [-0.4, -0.2) is 4.57 Å². The van der Waals surface area contributed by atoms with Crippen molar-refractivity contribution in [2.75, 3.05) is 0 Å². The molecule has 0 saturated carbocycles. The van der Waals surface area contributed by atoms with Gasteiger partial charge in [0.2, 0.25) is 0 Å². The van der Waals surface area contributed by atoms with E-state index >= 15 is 0 Å². The van der Waals surface area contributed by atoms with Crippen molar-refractivity contribution in [3.8, 4) is 0 Å². The van der Waals surface area contributed by atoms with Crippen LogP contribution in [0.5, 0.6) is 0 Å². The number of para-hydroxylation sites is 1. The molecule has 0 bridgehead atoms. The lowest BCUT2D eigenvalue weighted by molar-refractivity contribution is 0.625. The highest BCUT2D eigenvalue weighted by Gasteiger charge is 2.05. The van der Waals surface area contributed by atoms with E-state index in [9.17, 15) is 9.18 Å². The maximum atomic E-state index is 13.1. The number of fused-ring (bicyclic) bond motifs is 1. The molecule has 2 aromatic carbocycles. The standard InChI is InChI=1S/C16H11BrFNO/c17-14-9-12(18)6-5-11(14)10-19-8-7-16(20)13-3-1-2-4-15(13)19/h1-9H,10H2. The summed E-state index contributed by atoms with van der Waals surface area (Å²) in [5.74, 6) is -0.273. The lowest BCUT2D eigenvalue weighted by Crippen LogP contribution is -2.09. The number of nitrogens with zero attached hydrogens (tertiary/aromatic N) is 1. The van der Waals surface area contributed by atoms with Gasteiger partial charge in [0.25, 0.3) is 0 Å². The Morgan fingerprint density at radius 3 is 2.70 bits per heavy atom. The van der Waals surface area contributed by atoms with Crippen molar-refractivity contribution in [1.29, 1.82) is 0 Å². The van der Waals surface area contributed by atoms with E-state index in [4.69, 9.17) is 0 Å². The van der Waals surface area contributed by atoms with Crippen LogP contribution >= 0.6 is 15.9 Å². The Morgan fingerprint density at radius 2 is 1.90 bits per heavy atom. The van der Waals surface area contributed by atoms with Crippen LogP contribution in [0.15, 0.2) is 64.0 Å². The second-order valence-electron chi connectivity index (χ2n) is 4.56. The molecule has 0 N–H and O–H groups in total. The number of benzene rings is 2. The molecule has 100 valence electrons. The highest BCUT2D eigenvalue weighted by atomic mass is 79.9. The number of pyridine rings is 1. The van der Waals surface area contributed by atoms with E-state index in [0.29, 0.717) is 11.9 Å². The summed E-state index contributed by atoms with van der Waals surface area (Å²) in [5.41, 5.74) is 1.84. The molecule has 4 heteroatoms. The van der Waals surface area contributed by atoms with E-state index in [2.05, 4.69) is 15.9 Å². The molecule has 0 spiro atoms. The predicted molar refractivity (Wildman–Crippen MR) is 81.4 cm³/mol. The summed E-state index contributed by atoms with van der Waals surface area (Å²) >= 11 is 3.37. The van der Waals surface area contributed by atoms with Crippen LogP contribution in [0.2, 0.25) is 0 Å². The summed E-state index contributed by atoms with van der Waals surface area (Å²) in [6.45, 7) is 0.571. The Labute approximate surface area is 123 Å². The van der Waals surface area contributed by atoms with Gasteiger partial charge < -0.3 is 4.57 Å². The first-order chi connectivity index (χ1) is 9.65. The minimum Gasteiger partial charge on any atom is -0.343 e. The molecule has 3 aromatic rings. The number of hydrogen-bond acceptors (Lipinski definition) is 1. The van der Waals surface area contributed by atoms with Gasteiger partial charge in [0.1, 0.15) is 5.82 Å². The first kappa shape index (κ1) is 13.1. The molecule has 2 nitrogen and oxygen atoms in total. The van der Waals surface area contributed by atoms with E-state index in [1.54, 1.807) is 18.3 Å². The fourth-order valence-corrected chi connectivity index (χ4v) is 2.71. The molecule has 20 heavy (non-hydrogen) atoms. The van der Waals surface area contributed by atoms with Gasteiger partial charge in [-0.2, -0.15) is 0 Å². The zero-order valence-corrected chi connectivity index (χ0v) is 12.1. The molecule has 3 rings (SSSR count). The zero-order valence-electron chi connectivity index (χ0n) is 10.5. The second kappa shape index (κ2) is 5.21. The molecule has 0 amide bonds. The van der Waals surface area contributed by atoms with Crippen molar-refractivity contribution in [2.24, 2.45) is 0 Å². The van der Waals surface area contributed by atoms with Crippen molar-refractivity contribution in [1.82, 2.24) is 4.57 Å². The van der Waals surface area contributed by atoms with Crippen LogP contribution < -0.4 is 5.43 Å². The molecule has 0 aliphatic rings. The molecule has 0 fully saturated rings. The Balaban J connectivity index is 2.11. The van der Waals surface area contributed by atoms with Gasteiger partial charge in [-0.1, -0.05) is 34.1 Å². The lowest BCUT2D eigenvalue weighted by atomic mass is 10.1. The number of hydrogen-bond donors (Lipinski definition) is 0. The molecular formula is C16H11BrFNO. The van der Waals surface area contributed by atoms with Gasteiger partial charge in [-0.3, -0.25) is 4.79 Å². The average Bonchev–Trinajstić information content (AvgIpc) is 2.45. The van der Waals surface area contributed by atoms with E-state index in [-0.39, 0.29) is 11.2 Å². The Hall–Kier alpha value is -1.94. The summed E-state index contributed by atoms with van der Waals surface area (Å²) in [5, 5.41) is 0.688. The fraction of sp³-hybridized carbons (Fsp3) is 0.0625. The largest absolute Gasteiger partial charge is 0.343 e. The van der Waals surface area contributed by atoms with Crippen LogP contribution in [0.4, 0.5) is 4.39 Å². The van der Waals surface area contributed by atoms with Crippen molar-refractivity contribution in [3.63, 3.8) is 0 Å². The molecule has 0 atom stereocenters. The summed E-state index contributed by atoms with van der Waals surface area (Å²) in [7, 11) is 0. The molecule has 1 aromatic heterocycles. The van der Waals surface area contributed by atoms with Crippen LogP contribution in [0.3, 0.4) is 0 Å². The third kappa shape index (κ3) is 2.39. The van der Waals surface area contributed by atoms with E-state index < -0.39 is 0 Å². The molecular weight excluding hydrogens is 321 g/mol. The van der Waals surface area contributed by atoms with Crippen LogP contribution in [0.25, 0.3) is 10.9 Å². The monoisotopic (exact) mass is 331 g/mol. The molecule has 0 radical (unpaired) electrons. The van der Waals surface area contributed by atoms with E-state index in [1.165, 1.54) is 12.1 Å². The molecule has 1 heterocycles. The number of aromatic nitrogens is 1. The maximum Gasteiger partial charge on any atom is 0.189 e. The third-order valence-electron chi connectivity index (χ3n) is 3.24. The van der Waals surface area contributed by atoms with Gasteiger partial charge in [0.05, 0.1) is 5.52 Å². The number of halogens is 2. The van der Waals surface area contributed by atoms with E-state index in [1.807, 2.05) is 28.8 Å². The summed E-state index contributed by atoms with van der Waals surface area (Å²) in [6, 6.07) is 13.7. The Kier molecular flexibility index (Phi) is 3.40. The Bertz CT molecular complexity index is 841. The van der Waals surface area contributed by atoms with Crippen molar-refractivity contribution in [3.05, 3.63) is 80.8 Å². The average molecular weight is 332 g/mol. The van der Waals surface area contributed by atoms with Gasteiger partial charge in [0.15, 0.2) is 5.43 Å². The normalized spacial score (nSPS) is 10.9. The highest BCUT2D eigenvalue weighted by molar-refractivity contribution is 9.10. The molecule has 0 unspecified atom stereocenters. The van der Waals surface area contributed by atoms with Crippen molar-refractivity contribution in [2.45, 2.75) is 6.54 Å². The predicted octanol–water partition coefficient (Wildman–Crippen LogP) is 3.95. The summed E-state index contributed by atoms with van der Waals surface area (Å²) < 4.78 is 15.8. The zero-order chi connectivity index (χ0) is 14.1. The van der Waals surface area contributed by atoms with E-state index in [0.717, 1.165) is 15.6 Å². The number of rotatable bonds is 2. The van der Waals surface area contributed by atoms with Gasteiger partial charge in [-0.05, 0) is 29.8 Å². The SMILES string of the molecule is O=c1ccn(Cc2ccc(F)cc2Br)c2ccccc12. The topological polar surface area (TPSA) is 22.0 Å². The van der Waals surface area contributed by atoms with Crippen LogP contribution in [0.1, 0.15) is 5.56 Å². The second-order valence-corrected chi connectivity index (χ2v) is 5.42. The first-order valence-electron chi connectivity index (χ1n) is 6.17. The van der Waals surface area contributed by atoms with Crippen molar-refractivity contribution < 1.29 is 4.39 Å². The first-order valence-corrected chi connectivity index (χ1v) is 6.96. The molecule has 0 saturated heterocycles. The molecule has 0 aliphatic carbocycles. The smallest absolute Gasteiger partial charge is 0.189 e.